The Hall–Kier alpha value is -0.540. The molecule has 2 rings (SSSR count). The lowest BCUT2D eigenvalue weighted by molar-refractivity contribution is 0.737. The zero-order chi connectivity index (χ0) is 11.5. The van der Waals surface area contributed by atoms with Crippen LogP contribution in [0.3, 0.4) is 0 Å². The standard InChI is InChI=1S/C12H11Cl2NS/c13-9-3-4-10(14)8(6-9)7-11(15)12-2-1-5-16-12/h1-6,11H,7,15H2. The number of hydrogen-bond acceptors (Lipinski definition) is 2. The van der Waals surface area contributed by atoms with Gasteiger partial charge >= 0.3 is 0 Å². The monoisotopic (exact) mass is 271 g/mol. The molecule has 0 saturated carbocycles. The van der Waals surface area contributed by atoms with Crippen molar-refractivity contribution in [2.24, 2.45) is 5.73 Å². The molecule has 1 aromatic heterocycles. The van der Waals surface area contributed by atoms with Crippen LogP contribution < -0.4 is 5.73 Å². The third-order valence-electron chi connectivity index (χ3n) is 2.36. The predicted octanol–water partition coefficient (Wildman–Crippen LogP) is 4.30. The van der Waals surface area contributed by atoms with Crippen molar-refractivity contribution < 1.29 is 0 Å². The summed E-state index contributed by atoms with van der Waals surface area (Å²) >= 11 is 13.7. The third-order valence-corrected chi connectivity index (χ3v) is 3.96. The number of nitrogens with two attached hydrogens (primary N) is 1. The Kier molecular flexibility index (Phi) is 3.87. The molecule has 4 heteroatoms. The summed E-state index contributed by atoms with van der Waals surface area (Å²) in [6.45, 7) is 0. The Morgan fingerprint density at radius 3 is 2.75 bits per heavy atom. The van der Waals surface area contributed by atoms with Crippen molar-refractivity contribution in [3.8, 4) is 0 Å². The van der Waals surface area contributed by atoms with E-state index in [1.165, 1.54) is 0 Å². The summed E-state index contributed by atoms with van der Waals surface area (Å²) in [6, 6.07) is 9.48. The van der Waals surface area contributed by atoms with Gasteiger partial charge < -0.3 is 5.73 Å². The molecule has 0 radical (unpaired) electrons. The maximum atomic E-state index is 6.10. The highest BCUT2D eigenvalue weighted by Crippen LogP contribution is 2.26. The zero-order valence-electron chi connectivity index (χ0n) is 8.49. The van der Waals surface area contributed by atoms with Gasteiger partial charge in [-0.1, -0.05) is 29.3 Å². The predicted molar refractivity (Wildman–Crippen MR) is 71.4 cm³/mol. The molecular formula is C12H11Cl2NS. The first-order valence-corrected chi connectivity index (χ1v) is 6.53. The Labute approximate surface area is 109 Å². The second-order valence-corrected chi connectivity index (χ2v) is 5.38. The van der Waals surface area contributed by atoms with E-state index in [1.807, 2.05) is 23.6 Å². The van der Waals surface area contributed by atoms with Crippen LogP contribution in [0.15, 0.2) is 35.7 Å². The van der Waals surface area contributed by atoms with E-state index in [-0.39, 0.29) is 6.04 Å². The van der Waals surface area contributed by atoms with Gasteiger partial charge in [-0.05, 0) is 41.6 Å². The highest BCUT2D eigenvalue weighted by Gasteiger charge is 2.10. The molecule has 2 N–H and O–H groups in total. The van der Waals surface area contributed by atoms with Crippen LogP contribution in [0.2, 0.25) is 10.0 Å². The van der Waals surface area contributed by atoms with Crippen molar-refractivity contribution in [2.45, 2.75) is 12.5 Å². The molecule has 1 atom stereocenters. The van der Waals surface area contributed by atoms with Gasteiger partial charge in [-0.3, -0.25) is 0 Å². The second kappa shape index (κ2) is 5.19. The highest BCUT2D eigenvalue weighted by atomic mass is 35.5. The Morgan fingerprint density at radius 2 is 2.06 bits per heavy atom. The van der Waals surface area contributed by atoms with Crippen molar-refractivity contribution >= 4 is 34.5 Å². The molecule has 16 heavy (non-hydrogen) atoms. The van der Waals surface area contributed by atoms with Crippen molar-refractivity contribution in [1.82, 2.24) is 0 Å². The molecule has 0 fully saturated rings. The fourth-order valence-corrected chi connectivity index (χ4v) is 2.66. The topological polar surface area (TPSA) is 26.0 Å². The first kappa shape index (κ1) is 11.9. The highest BCUT2D eigenvalue weighted by molar-refractivity contribution is 7.10. The van der Waals surface area contributed by atoms with E-state index < -0.39 is 0 Å². The van der Waals surface area contributed by atoms with Crippen LogP contribution in [-0.4, -0.2) is 0 Å². The number of rotatable bonds is 3. The van der Waals surface area contributed by atoms with Crippen LogP contribution in [-0.2, 0) is 6.42 Å². The quantitative estimate of drug-likeness (QED) is 0.885. The van der Waals surface area contributed by atoms with E-state index in [4.69, 9.17) is 28.9 Å². The summed E-state index contributed by atoms with van der Waals surface area (Å²) in [7, 11) is 0. The van der Waals surface area contributed by atoms with Gasteiger partial charge in [0.05, 0.1) is 0 Å². The van der Waals surface area contributed by atoms with E-state index >= 15 is 0 Å². The summed E-state index contributed by atoms with van der Waals surface area (Å²) in [5, 5.41) is 3.43. The average Bonchev–Trinajstić information content (AvgIpc) is 2.76. The lowest BCUT2D eigenvalue weighted by Crippen LogP contribution is -2.11. The van der Waals surface area contributed by atoms with Gasteiger partial charge in [0.2, 0.25) is 0 Å². The molecule has 2 aromatic rings. The third kappa shape index (κ3) is 2.77. The average molecular weight is 272 g/mol. The lowest BCUT2D eigenvalue weighted by atomic mass is 10.1. The fraction of sp³-hybridized carbons (Fsp3) is 0.167. The molecule has 0 saturated heterocycles. The Morgan fingerprint density at radius 1 is 1.25 bits per heavy atom. The van der Waals surface area contributed by atoms with Crippen LogP contribution in [0.5, 0.6) is 0 Å². The van der Waals surface area contributed by atoms with Crippen LogP contribution in [0, 0.1) is 0 Å². The van der Waals surface area contributed by atoms with Gasteiger partial charge in [0.15, 0.2) is 0 Å². The molecular weight excluding hydrogens is 261 g/mol. The summed E-state index contributed by atoms with van der Waals surface area (Å²) < 4.78 is 0. The van der Waals surface area contributed by atoms with Crippen LogP contribution >= 0.6 is 34.5 Å². The summed E-state index contributed by atoms with van der Waals surface area (Å²) in [5.74, 6) is 0. The van der Waals surface area contributed by atoms with Gasteiger partial charge in [-0.2, -0.15) is 0 Å². The van der Waals surface area contributed by atoms with Crippen LogP contribution in [0.25, 0.3) is 0 Å². The van der Waals surface area contributed by atoms with E-state index in [9.17, 15) is 0 Å². The minimum Gasteiger partial charge on any atom is -0.323 e. The number of halogens is 2. The Bertz CT molecular complexity index is 468. The van der Waals surface area contributed by atoms with E-state index in [0.29, 0.717) is 11.4 Å². The van der Waals surface area contributed by atoms with E-state index in [1.54, 1.807) is 23.5 Å². The maximum Gasteiger partial charge on any atom is 0.0439 e. The van der Waals surface area contributed by atoms with Crippen molar-refractivity contribution in [3.63, 3.8) is 0 Å². The van der Waals surface area contributed by atoms with Crippen LogP contribution in [0.4, 0.5) is 0 Å². The molecule has 0 aliphatic rings. The molecule has 0 aliphatic heterocycles. The van der Waals surface area contributed by atoms with Gasteiger partial charge in [0, 0.05) is 21.0 Å². The molecule has 0 aliphatic carbocycles. The SMILES string of the molecule is NC(Cc1cc(Cl)ccc1Cl)c1cccs1. The molecule has 0 amide bonds. The lowest BCUT2D eigenvalue weighted by Gasteiger charge is -2.11. The summed E-state index contributed by atoms with van der Waals surface area (Å²) in [4.78, 5) is 1.16. The molecule has 0 spiro atoms. The number of hydrogen-bond donors (Lipinski definition) is 1. The van der Waals surface area contributed by atoms with Gasteiger partial charge in [-0.15, -0.1) is 11.3 Å². The van der Waals surface area contributed by atoms with Crippen molar-refractivity contribution in [3.05, 3.63) is 56.2 Å². The van der Waals surface area contributed by atoms with Gasteiger partial charge in [0.1, 0.15) is 0 Å². The summed E-state index contributed by atoms with van der Waals surface area (Å²) in [6.07, 6.45) is 0.708. The molecule has 84 valence electrons. The molecule has 1 heterocycles. The van der Waals surface area contributed by atoms with E-state index in [0.717, 1.165) is 15.5 Å². The smallest absolute Gasteiger partial charge is 0.0439 e. The number of thiophene rings is 1. The minimum atomic E-state index is -0.0176. The molecule has 1 unspecified atom stereocenters. The zero-order valence-corrected chi connectivity index (χ0v) is 10.8. The minimum absolute atomic E-state index is 0.0176. The van der Waals surface area contributed by atoms with E-state index in [2.05, 4.69) is 0 Å². The number of benzene rings is 1. The van der Waals surface area contributed by atoms with Gasteiger partial charge in [-0.25, -0.2) is 0 Å². The molecule has 0 bridgehead atoms. The normalized spacial score (nSPS) is 12.7. The van der Waals surface area contributed by atoms with Gasteiger partial charge in [0.25, 0.3) is 0 Å². The first-order chi connectivity index (χ1) is 7.66. The molecule has 1 aromatic carbocycles. The Balaban J connectivity index is 2.17. The summed E-state index contributed by atoms with van der Waals surface area (Å²) in [5.41, 5.74) is 7.09. The fourth-order valence-electron chi connectivity index (χ4n) is 1.54. The van der Waals surface area contributed by atoms with Crippen molar-refractivity contribution in [2.75, 3.05) is 0 Å². The maximum absolute atomic E-state index is 6.10. The van der Waals surface area contributed by atoms with Crippen molar-refractivity contribution in [1.29, 1.82) is 0 Å². The van der Waals surface area contributed by atoms with Crippen LogP contribution in [0.1, 0.15) is 16.5 Å². The molecule has 1 nitrogen and oxygen atoms in total. The first-order valence-electron chi connectivity index (χ1n) is 4.89. The second-order valence-electron chi connectivity index (χ2n) is 3.56. The largest absolute Gasteiger partial charge is 0.323 e.